The molecule has 96 valence electrons. The van der Waals surface area contributed by atoms with Crippen molar-refractivity contribution in [1.29, 1.82) is 0 Å². The van der Waals surface area contributed by atoms with Crippen LogP contribution in [0.4, 0.5) is 0 Å². The zero-order valence-corrected chi connectivity index (χ0v) is 10.3. The summed E-state index contributed by atoms with van der Waals surface area (Å²) in [7, 11) is 0. The molecule has 1 atom stereocenters. The third kappa shape index (κ3) is 1.96. The summed E-state index contributed by atoms with van der Waals surface area (Å²) in [5.74, 6) is -0.977. The van der Waals surface area contributed by atoms with E-state index in [1.165, 1.54) is 0 Å². The molecular formula is C15H14N2O2. The number of carboxylic acids is 1. The van der Waals surface area contributed by atoms with Gasteiger partial charge in [0.25, 0.3) is 0 Å². The molecule has 0 saturated heterocycles. The van der Waals surface area contributed by atoms with Crippen LogP contribution >= 0.6 is 0 Å². The van der Waals surface area contributed by atoms with E-state index in [4.69, 9.17) is 10.8 Å². The molecule has 0 spiro atoms. The van der Waals surface area contributed by atoms with Crippen molar-refractivity contribution in [1.82, 2.24) is 4.98 Å². The second-order valence-electron chi connectivity index (χ2n) is 4.67. The molecule has 19 heavy (non-hydrogen) atoms. The van der Waals surface area contributed by atoms with Crippen molar-refractivity contribution < 1.29 is 9.90 Å². The van der Waals surface area contributed by atoms with Crippen molar-refractivity contribution in [3.63, 3.8) is 0 Å². The summed E-state index contributed by atoms with van der Waals surface area (Å²) < 4.78 is 0. The Morgan fingerprint density at radius 2 is 2.00 bits per heavy atom. The van der Waals surface area contributed by atoms with Gasteiger partial charge < -0.3 is 15.8 Å². The highest BCUT2D eigenvalue weighted by Gasteiger charge is 2.15. The third-order valence-corrected chi connectivity index (χ3v) is 3.42. The number of nitrogens with one attached hydrogen (secondary N) is 1. The predicted molar refractivity (Wildman–Crippen MR) is 75.1 cm³/mol. The Morgan fingerprint density at radius 3 is 2.79 bits per heavy atom. The first kappa shape index (κ1) is 11.7. The molecule has 0 aliphatic rings. The highest BCUT2D eigenvalue weighted by atomic mass is 16.4. The van der Waals surface area contributed by atoms with Gasteiger partial charge in [0.05, 0.1) is 5.52 Å². The van der Waals surface area contributed by atoms with E-state index in [-0.39, 0.29) is 0 Å². The second kappa shape index (κ2) is 4.40. The van der Waals surface area contributed by atoms with Crippen molar-refractivity contribution in [2.45, 2.75) is 12.5 Å². The van der Waals surface area contributed by atoms with Gasteiger partial charge in [-0.2, -0.15) is 0 Å². The Balaban J connectivity index is 2.13. The van der Waals surface area contributed by atoms with Crippen molar-refractivity contribution in [3.8, 4) is 0 Å². The van der Waals surface area contributed by atoms with Gasteiger partial charge in [-0.1, -0.05) is 36.4 Å². The average Bonchev–Trinajstić information content (AvgIpc) is 2.82. The fourth-order valence-electron chi connectivity index (χ4n) is 2.42. The standard InChI is InChI=1S/C15H14N2O2/c16-13(15(18)19)7-10-8-17-14-11-4-2-1-3-9(11)5-6-12(10)14/h1-6,8,13,17H,7,16H2,(H,18,19)/t13-/m0/s1. The maximum atomic E-state index is 10.8. The summed E-state index contributed by atoms with van der Waals surface area (Å²) in [6, 6.07) is 11.3. The molecule has 0 saturated carbocycles. The molecule has 0 aliphatic heterocycles. The Hall–Kier alpha value is -2.33. The van der Waals surface area contributed by atoms with Gasteiger partial charge in [-0.05, 0) is 10.9 Å². The van der Waals surface area contributed by atoms with E-state index >= 15 is 0 Å². The monoisotopic (exact) mass is 254 g/mol. The maximum Gasteiger partial charge on any atom is 0.320 e. The topological polar surface area (TPSA) is 79.1 Å². The van der Waals surface area contributed by atoms with E-state index in [2.05, 4.69) is 17.1 Å². The Kier molecular flexibility index (Phi) is 2.72. The number of benzene rings is 2. The number of hydrogen-bond acceptors (Lipinski definition) is 2. The summed E-state index contributed by atoms with van der Waals surface area (Å²) in [5, 5.41) is 12.2. The summed E-state index contributed by atoms with van der Waals surface area (Å²) in [6.45, 7) is 0. The quantitative estimate of drug-likeness (QED) is 0.670. The van der Waals surface area contributed by atoms with Gasteiger partial charge in [-0.3, -0.25) is 4.79 Å². The van der Waals surface area contributed by atoms with Crippen molar-refractivity contribution in [2.24, 2.45) is 5.73 Å². The zero-order chi connectivity index (χ0) is 13.4. The highest BCUT2D eigenvalue weighted by Crippen LogP contribution is 2.27. The van der Waals surface area contributed by atoms with Crippen LogP contribution in [0.25, 0.3) is 21.7 Å². The van der Waals surface area contributed by atoms with Gasteiger partial charge in [0.15, 0.2) is 0 Å². The number of aliphatic carboxylic acids is 1. The van der Waals surface area contributed by atoms with Crippen molar-refractivity contribution in [2.75, 3.05) is 0 Å². The van der Waals surface area contributed by atoms with Gasteiger partial charge in [-0.25, -0.2) is 0 Å². The number of aromatic amines is 1. The van der Waals surface area contributed by atoms with Crippen molar-refractivity contribution in [3.05, 3.63) is 48.2 Å². The van der Waals surface area contributed by atoms with Crippen molar-refractivity contribution >= 4 is 27.6 Å². The molecule has 0 unspecified atom stereocenters. The fraction of sp³-hybridized carbons (Fsp3) is 0.133. The average molecular weight is 254 g/mol. The molecule has 0 bridgehead atoms. The minimum Gasteiger partial charge on any atom is -0.480 e. The van der Waals surface area contributed by atoms with Crippen LogP contribution in [0.15, 0.2) is 42.6 Å². The number of H-pyrrole nitrogens is 1. The molecule has 0 amide bonds. The first-order valence-electron chi connectivity index (χ1n) is 6.13. The van der Waals surface area contributed by atoms with Crippen LogP contribution in [0.5, 0.6) is 0 Å². The molecule has 0 fully saturated rings. The molecule has 3 aromatic rings. The Labute approximate surface area is 109 Å². The number of aromatic nitrogens is 1. The van der Waals surface area contributed by atoms with Crippen LogP contribution < -0.4 is 5.73 Å². The van der Waals surface area contributed by atoms with E-state index in [1.54, 1.807) is 0 Å². The van der Waals surface area contributed by atoms with E-state index < -0.39 is 12.0 Å². The van der Waals surface area contributed by atoms with Crippen LogP contribution in [0.3, 0.4) is 0 Å². The van der Waals surface area contributed by atoms with E-state index in [0.29, 0.717) is 6.42 Å². The van der Waals surface area contributed by atoms with Gasteiger partial charge in [0.1, 0.15) is 6.04 Å². The number of hydrogen-bond donors (Lipinski definition) is 3. The van der Waals surface area contributed by atoms with Crippen LogP contribution in [-0.2, 0) is 11.2 Å². The molecule has 4 nitrogen and oxygen atoms in total. The molecule has 3 rings (SSSR count). The van der Waals surface area contributed by atoms with Crippen LogP contribution in [-0.4, -0.2) is 22.1 Å². The van der Waals surface area contributed by atoms with E-state index in [0.717, 1.165) is 27.2 Å². The highest BCUT2D eigenvalue weighted by molar-refractivity contribution is 6.06. The van der Waals surface area contributed by atoms with Gasteiger partial charge in [0, 0.05) is 23.4 Å². The van der Waals surface area contributed by atoms with Crippen LogP contribution in [0.1, 0.15) is 5.56 Å². The summed E-state index contributed by atoms with van der Waals surface area (Å²) in [5.41, 5.74) is 7.57. The third-order valence-electron chi connectivity index (χ3n) is 3.42. The van der Waals surface area contributed by atoms with E-state index in [9.17, 15) is 4.79 Å². The molecule has 4 heteroatoms. The molecule has 0 aliphatic carbocycles. The second-order valence-corrected chi connectivity index (χ2v) is 4.67. The van der Waals surface area contributed by atoms with E-state index in [1.807, 2.05) is 30.5 Å². The number of carboxylic acid groups (broad SMARTS) is 1. The SMILES string of the molecule is N[C@@H](Cc1c[nH]c2c1ccc1ccccc12)C(=O)O. The Bertz CT molecular complexity index is 761. The zero-order valence-electron chi connectivity index (χ0n) is 10.3. The van der Waals surface area contributed by atoms with Gasteiger partial charge in [-0.15, -0.1) is 0 Å². The minimum atomic E-state index is -0.977. The molecule has 4 N–H and O–H groups in total. The molecule has 2 aromatic carbocycles. The Morgan fingerprint density at radius 1 is 1.21 bits per heavy atom. The van der Waals surface area contributed by atoms with Crippen LogP contribution in [0, 0.1) is 0 Å². The van der Waals surface area contributed by atoms with Gasteiger partial charge in [0.2, 0.25) is 0 Å². The summed E-state index contributed by atoms with van der Waals surface area (Å²) in [6.07, 6.45) is 2.17. The normalized spacial score (nSPS) is 12.9. The lowest BCUT2D eigenvalue weighted by molar-refractivity contribution is -0.138. The lowest BCUT2D eigenvalue weighted by Gasteiger charge is -2.05. The number of carbonyl (C=O) groups is 1. The smallest absolute Gasteiger partial charge is 0.320 e. The molecule has 0 radical (unpaired) electrons. The first-order valence-corrected chi connectivity index (χ1v) is 6.13. The summed E-state index contributed by atoms with van der Waals surface area (Å²) >= 11 is 0. The molecule has 1 aromatic heterocycles. The lowest BCUT2D eigenvalue weighted by Crippen LogP contribution is -2.32. The first-order chi connectivity index (χ1) is 9.16. The largest absolute Gasteiger partial charge is 0.480 e. The number of rotatable bonds is 3. The van der Waals surface area contributed by atoms with Crippen LogP contribution in [0.2, 0.25) is 0 Å². The maximum absolute atomic E-state index is 10.8. The molecular weight excluding hydrogens is 240 g/mol. The summed E-state index contributed by atoms with van der Waals surface area (Å²) in [4.78, 5) is 14.1. The minimum absolute atomic E-state index is 0.327. The number of nitrogens with two attached hydrogens (primary N) is 1. The van der Waals surface area contributed by atoms with Gasteiger partial charge >= 0.3 is 5.97 Å². The number of fused-ring (bicyclic) bond motifs is 3. The fourth-order valence-corrected chi connectivity index (χ4v) is 2.42. The lowest BCUT2D eigenvalue weighted by atomic mass is 10.0. The molecule has 1 heterocycles. The predicted octanol–water partition coefficient (Wildman–Crippen LogP) is 2.28.